The van der Waals surface area contributed by atoms with Gasteiger partial charge in [-0.2, -0.15) is 0 Å². The maximum absolute atomic E-state index is 12.4. The van der Waals surface area contributed by atoms with E-state index < -0.39 is 0 Å². The number of carbonyl (C=O) groups is 1. The summed E-state index contributed by atoms with van der Waals surface area (Å²) in [6, 6.07) is 16.2. The lowest BCUT2D eigenvalue weighted by atomic mass is 10.1. The lowest BCUT2D eigenvalue weighted by molar-refractivity contribution is -1.02. The van der Waals surface area contributed by atoms with Gasteiger partial charge in [-0.3, -0.25) is 4.79 Å². The number of hydrogen-bond acceptors (Lipinski definition) is 1. The van der Waals surface area contributed by atoms with Crippen LogP contribution in [0.2, 0.25) is 5.02 Å². The first kappa shape index (κ1) is 18.9. The Morgan fingerprint density at radius 2 is 1.77 bits per heavy atom. The van der Waals surface area contributed by atoms with Gasteiger partial charge < -0.3 is 15.1 Å². The Bertz CT molecular complexity index is 742. The molecular weight excluding hydrogens is 346 g/mol. The molecule has 0 bridgehead atoms. The minimum Gasteiger partial charge on any atom is -0.322 e. The van der Waals surface area contributed by atoms with Gasteiger partial charge in [-0.15, -0.1) is 0 Å². The van der Waals surface area contributed by atoms with Crippen LogP contribution in [0, 0.1) is 0 Å². The zero-order valence-corrected chi connectivity index (χ0v) is 16.1. The van der Waals surface area contributed by atoms with Crippen LogP contribution in [0.3, 0.4) is 0 Å². The lowest BCUT2D eigenvalue weighted by Crippen LogP contribution is -3.28. The van der Waals surface area contributed by atoms with E-state index in [4.69, 9.17) is 11.6 Å². The summed E-state index contributed by atoms with van der Waals surface area (Å²) >= 11 is 6.07. The maximum atomic E-state index is 12.4. The molecule has 0 saturated carbocycles. The number of benzene rings is 2. The second kappa shape index (κ2) is 9.17. The van der Waals surface area contributed by atoms with Crippen LogP contribution >= 0.6 is 11.6 Å². The van der Waals surface area contributed by atoms with Crippen molar-refractivity contribution in [2.24, 2.45) is 0 Å². The van der Waals surface area contributed by atoms with E-state index in [2.05, 4.69) is 24.4 Å². The van der Waals surface area contributed by atoms with E-state index in [0.717, 1.165) is 49.9 Å². The van der Waals surface area contributed by atoms with E-state index in [0.29, 0.717) is 6.54 Å². The van der Waals surface area contributed by atoms with Crippen molar-refractivity contribution in [3.8, 4) is 0 Å². The molecule has 5 heteroatoms. The molecule has 0 aliphatic carbocycles. The van der Waals surface area contributed by atoms with Gasteiger partial charge in [0.1, 0.15) is 32.7 Å². The third-order valence-electron chi connectivity index (χ3n) is 5.09. The Hall–Kier alpha value is -1.88. The second-order valence-corrected chi connectivity index (χ2v) is 7.48. The topological polar surface area (TPSA) is 38.0 Å². The summed E-state index contributed by atoms with van der Waals surface area (Å²) in [5.74, 6) is 0.110. The van der Waals surface area contributed by atoms with Gasteiger partial charge in [-0.05, 0) is 30.2 Å². The first-order valence-corrected chi connectivity index (χ1v) is 9.81. The number of amides is 1. The van der Waals surface area contributed by atoms with Crippen molar-refractivity contribution in [1.82, 2.24) is 0 Å². The van der Waals surface area contributed by atoms with E-state index in [-0.39, 0.29) is 5.91 Å². The molecule has 2 aromatic rings. The Morgan fingerprint density at radius 3 is 2.50 bits per heavy atom. The highest BCUT2D eigenvalue weighted by Crippen LogP contribution is 2.14. The van der Waals surface area contributed by atoms with Crippen molar-refractivity contribution in [2.45, 2.75) is 19.9 Å². The largest absolute Gasteiger partial charge is 0.322 e. The molecule has 26 heavy (non-hydrogen) atoms. The fourth-order valence-electron chi connectivity index (χ4n) is 3.62. The quantitative estimate of drug-likeness (QED) is 0.689. The lowest BCUT2D eigenvalue weighted by Gasteiger charge is -2.29. The van der Waals surface area contributed by atoms with Crippen LogP contribution in [0.5, 0.6) is 0 Å². The summed E-state index contributed by atoms with van der Waals surface area (Å²) < 4.78 is 0. The van der Waals surface area contributed by atoms with Crippen LogP contribution < -0.4 is 15.1 Å². The monoisotopic (exact) mass is 373 g/mol. The number of halogens is 1. The average molecular weight is 374 g/mol. The average Bonchev–Trinajstić information content (AvgIpc) is 2.64. The van der Waals surface area contributed by atoms with Gasteiger partial charge in [0.25, 0.3) is 5.91 Å². The number of carbonyl (C=O) groups excluding carboxylic acids is 1. The number of piperazine rings is 1. The summed E-state index contributed by atoms with van der Waals surface area (Å²) in [5.41, 5.74) is 3.42. The third kappa shape index (κ3) is 5.31. The first-order chi connectivity index (χ1) is 12.6. The number of nitrogens with one attached hydrogen (secondary N) is 3. The van der Waals surface area contributed by atoms with Crippen molar-refractivity contribution in [3.63, 3.8) is 0 Å². The molecule has 3 rings (SSSR count). The second-order valence-electron chi connectivity index (χ2n) is 7.04. The molecule has 0 radical (unpaired) electrons. The van der Waals surface area contributed by atoms with Crippen LogP contribution in [-0.4, -0.2) is 38.6 Å². The number of hydrogen-bond donors (Lipinski definition) is 3. The molecule has 1 aliphatic heterocycles. The maximum Gasteiger partial charge on any atom is 0.279 e. The van der Waals surface area contributed by atoms with Crippen LogP contribution in [0.25, 0.3) is 0 Å². The van der Waals surface area contributed by atoms with Crippen LogP contribution in [0.15, 0.2) is 48.5 Å². The van der Waals surface area contributed by atoms with E-state index >= 15 is 0 Å². The standard InChI is InChI=1S/C21H26ClN3O/c1-2-18-7-3-4-9-20(18)23-21(26)16-25-12-10-24(11-13-25)15-17-6-5-8-19(22)14-17/h3-9,14H,2,10-13,15-16H2,1H3,(H,23,26)/p+2. The molecule has 0 atom stereocenters. The predicted molar refractivity (Wildman–Crippen MR) is 106 cm³/mol. The van der Waals surface area contributed by atoms with Crippen molar-refractivity contribution >= 4 is 23.2 Å². The van der Waals surface area contributed by atoms with Gasteiger partial charge in [0, 0.05) is 16.3 Å². The van der Waals surface area contributed by atoms with Crippen LogP contribution in [-0.2, 0) is 17.8 Å². The minimum absolute atomic E-state index is 0.110. The normalized spacial score (nSPS) is 19.9. The fraction of sp³-hybridized carbons (Fsp3) is 0.381. The summed E-state index contributed by atoms with van der Waals surface area (Å²) in [7, 11) is 0. The fourth-order valence-corrected chi connectivity index (χ4v) is 3.83. The number of quaternary nitrogens is 2. The van der Waals surface area contributed by atoms with Crippen molar-refractivity contribution in [2.75, 3.05) is 38.0 Å². The zero-order chi connectivity index (χ0) is 18.4. The van der Waals surface area contributed by atoms with Gasteiger partial charge in [-0.25, -0.2) is 0 Å². The first-order valence-electron chi connectivity index (χ1n) is 9.43. The summed E-state index contributed by atoms with van der Waals surface area (Å²) in [5, 5.41) is 3.89. The third-order valence-corrected chi connectivity index (χ3v) is 5.33. The minimum atomic E-state index is 0.110. The molecule has 2 aromatic carbocycles. The molecule has 4 nitrogen and oxygen atoms in total. The van der Waals surface area contributed by atoms with Crippen molar-refractivity contribution in [1.29, 1.82) is 0 Å². The molecule has 3 N–H and O–H groups in total. The van der Waals surface area contributed by atoms with Gasteiger partial charge in [-0.1, -0.05) is 48.9 Å². The summed E-state index contributed by atoms with van der Waals surface area (Å²) in [6.07, 6.45) is 0.925. The number of rotatable bonds is 6. The van der Waals surface area contributed by atoms with E-state index in [1.807, 2.05) is 36.4 Å². The van der Waals surface area contributed by atoms with Gasteiger partial charge in [0.2, 0.25) is 0 Å². The van der Waals surface area contributed by atoms with Crippen LogP contribution in [0.4, 0.5) is 5.69 Å². The molecule has 138 valence electrons. The molecule has 1 aliphatic rings. The van der Waals surface area contributed by atoms with E-state index in [9.17, 15) is 4.79 Å². The molecule has 1 fully saturated rings. The van der Waals surface area contributed by atoms with Gasteiger partial charge >= 0.3 is 0 Å². The highest BCUT2D eigenvalue weighted by atomic mass is 35.5. The molecule has 1 amide bonds. The molecular formula is C21H28ClN3O+2. The summed E-state index contributed by atoms with van der Waals surface area (Å²) in [4.78, 5) is 15.3. The van der Waals surface area contributed by atoms with E-state index in [1.165, 1.54) is 16.0 Å². The van der Waals surface area contributed by atoms with Crippen molar-refractivity contribution < 1.29 is 14.6 Å². The van der Waals surface area contributed by atoms with Crippen molar-refractivity contribution in [3.05, 3.63) is 64.7 Å². The smallest absolute Gasteiger partial charge is 0.279 e. The molecule has 1 heterocycles. The van der Waals surface area contributed by atoms with Crippen LogP contribution in [0.1, 0.15) is 18.1 Å². The molecule has 0 spiro atoms. The van der Waals surface area contributed by atoms with E-state index in [1.54, 1.807) is 4.90 Å². The SMILES string of the molecule is CCc1ccccc1NC(=O)C[NH+]1CC[NH+](Cc2cccc(Cl)c2)CC1. The number of para-hydroxylation sites is 1. The number of anilines is 1. The van der Waals surface area contributed by atoms with Gasteiger partial charge in [0.05, 0.1) is 0 Å². The number of aryl methyl sites for hydroxylation is 1. The molecule has 0 aromatic heterocycles. The Morgan fingerprint density at radius 1 is 1.04 bits per heavy atom. The Labute approximate surface area is 160 Å². The molecule has 0 unspecified atom stereocenters. The van der Waals surface area contributed by atoms with Gasteiger partial charge in [0.15, 0.2) is 6.54 Å². The zero-order valence-electron chi connectivity index (χ0n) is 15.4. The summed E-state index contributed by atoms with van der Waals surface area (Å²) in [6.45, 7) is 7.88. The predicted octanol–water partition coefficient (Wildman–Crippen LogP) is 0.825. The Balaban J connectivity index is 1.45. The highest BCUT2D eigenvalue weighted by molar-refractivity contribution is 6.30. The highest BCUT2D eigenvalue weighted by Gasteiger charge is 2.25. The molecule has 1 saturated heterocycles. The Kier molecular flexibility index (Phi) is 6.67.